The number of amides is 2. The molecule has 0 heterocycles. The maximum absolute atomic E-state index is 12.4. The van der Waals surface area contributed by atoms with E-state index in [1.165, 1.54) is 4.90 Å². The molecule has 2 amide bonds. The van der Waals surface area contributed by atoms with Crippen LogP contribution >= 0.6 is 11.6 Å². The summed E-state index contributed by atoms with van der Waals surface area (Å²) in [6.07, 6.45) is 0.181. The van der Waals surface area contributed by atoms with Crippen molar-refractivity contribution in [1.82, 2.24) is 10.2 Å². The van der Waals surface area contributed by atoms with Gasteiger partial charge in [-0.05, 0) is 37.5 Å². The Morgan fingerprint density at radius 2 is 2.04 bits per heavy atom. The first-order valence-electron chi connectivity index (χ1n) is 7.77. The van der Waals surface area contributed by atoms with Gasteiger partial charge in [-0.1, -0.05) is 25.4 Å². The Kier molecular flexibility index (Phi) is 7.65. The molecule has 2 atom stereocenters. The molecule has 0 saturated carbocycles. The van der Waals surface area contributed by atoms with E-state index in [0.29, 0.717) is 16.7 Å². The number of carbonyl (C=O) groups is 1. The van der Waals surface area contributed by atoms with Crippen LogP contribution in [0.25, 0.3) is 0 Å². The summed E-state index contributed by atoms with van der Waals surface area (Å²) in [4.78, 5) is 13.8. The van der Waals surface area contributed by atoms with Gasteiger partial charge in [-0.15, -0.1) is 0 Å². The van der Waals surface area contributed by atoms with Crippen LogP contribution in [-0.4, -0.2) is 42.8 Å². The summed E-state index contributed by atoms with van der Waals surface area (Å²) in [5.41, 5.74) is 0.854. The van der Waals surface area contributed by atoms with Gasteiger partial charge in [0.2, 0.25) is 0 Å². The molecule has 0 bridgehead atoms. The SMILES string of the molecule is COc1ccc(Cl)cc1C(CC(C)C)NC(=O)N(C)CC(C)O. The molecular formula is C17H27ClN2O3. The Morgan fingerprint density at radius 3 is 2.57 bits per heavy atom. The number of aliphatic hydroxyl groups excluding tert-OH is 1. The standard InChI is InChI=1S/C17H27ClN2O3/c1-11(2)8-15(19-17(22)20(4)10-12(3)21)14-9-13(18)6-7-16(14)23-5/h6-7,9,11-12,15,21H,8,10H2,1-5H3,(H,19,22). The van der Waals surface area contributed by atoms with E-state index in [1.54, 1.807) is 33.2 Å². The molecule has 2 N–H and O–H groups in total. The van der Waals surface area contributed by atoms with Crippen molar-refractivity contribution in [3.63, 3.8) is 0 Å². The summed E-state index contributed by atoms with van der Waals surface area (Å²) in [5.74, 6) is 1.07. The Labute approximate surface area is 143 Å². The summed E-state index contributed by atoms with van der Waals surface area (Å²) in [5, 5.41) is 13.0. The highest BCUT2D eigenvalue weighted by Gasteiger charge is 2.22. The van der Waals surface area contributed by atoms with Crippen LogP contribution in [-0.2, 0) is 0 Å². The fourth-order valence-electron chi connectivity index (χ4n) is 2.45. The first kappa shape index (κ1) is 19.6. The minimum atomic E-state index is -0.574. The van der Waals surface area contributed by atoms with Gasteiger partial charge in [-0.3, -0.25) is 0 Å². The van der Waals surface area contributed by atoms with Crippen LogP contribution < -0.4 is 10.1 Å². The van der Waals surface area contributed by atoms with E-state index >= 15 is 0 Å². The van der Waals surface area contributed by atoms with E-state index < -0.39 is 6.10 Å². The largest absolute Gasteiger partial charge is 0.496 e. The lowest BCUT2D eigenvalue weighted by Gasteiger charge is -2.27. The number of carbonyl (C=O) groups excluding carboxylic acids is 1. The van der Waals surface area contributed by atoms with Crippen molar-refractivity contribution in [1.29, 1.82) is 0 Å². The lowest BCUT2D eigenvalue weighted by Crippen LogP contribution is -2.42. The normalized spacial score (nSPS) is 13.6. The smallest absolute Gasteiger partial charge is 0.317 e. The van der Waals surface area contributed by atoms with E-state index in [4.69, 9.17) is 16.3 Å². The molecule has 1 aromatic rings. The third kappa shape index (κ3) is 6.28. The third-order valence-electron chi connectivity index (χ3n) is 3.46. The topological polar surface area (TPSA) is 61.8 Å². The molecule has 0 aromatic heterocycles. The molecular weight excluding hydrogens is 316 g/mol. The van der Waals surface area contributed by atoms with Crippen LogP contribution in [0, 0.1) is 5.92 Å². The summed E-state index contributed by atoms with van der Waals surface area (Å²) in [7, 11) is 3.25. The summed E-state index contributed by atoms with van der Waals surface area (Å²) >= 11 is 6.11. The molecule has 0 radical (unpaired) electrons. The molecule has 5 nitrogen and oxygen atoms in total. The van der Waals surface area contributed by atoms with Gasteiger partial charge in [0.1, 0.15) is 5.75 Å². The highest BCUT2D eigenvalue weighted by molar-refractivity contribution is 6.30. The highest BCUT2D eigenvalue weighted by atomic mass is 35.5. The fourth-order valence-corrected chi connectivity index (χ4v) is 2.63. The molecule has 1 rings (SSSR count). The molecule has 0 aliphatic heterocycles. The van der Waals surface area contributed by atoms with Crippen molar-refractivity contribution < 1.29 is 14.6 Å². The number of nitrogens with one attached hydrogen (secondary N) is 1. The van der Waals surface area contributed by atoms with Gasteiger partial charge in [0.05, 0.1) is 19.3 Å². The number of nitrogens with zero attached hydrogens (tertiary/aromatic N) is 1. The molecule has 0 fully saturated rings. The Balaban J connectivity index is 3.01. The average Bonchev–Trinajstić information content (AvgIpc) is 2.45. The Hall–Kier alpha value is -1.46. The van der Waals surface area contributed by atoms with Crippen molar-refractivity contribution >= 4 is 17.6 Å². The molecule has 0 saturated heterocycles. The minimum absolute atomic E-state index is 0.215. The number of urea groups is 1. The number of rotatable bonds is 7. The van der Waals surface area contributed by atoms with Gasteiger partial charge in [0.15, 0.2) is 0 Å². The average molecular weight is 343 g/mol. The lowest BCUT2D eigenvalue weighted by atomic mass is 9.96. The van der Waals surface area contributed by atoms with Crippen LogP contribution in [0.5, 0.6) is 5.75 Å². The van der Waals surface area contributed by atoms with E-state index in [9.17, 15) is 9.90 Å². The molecule has 0 aliphatic carbocycles. The predicted molar refractivity (Wildman–Crippen MR) is 93.0 cm³/mol. The lowest BCUT2D eigenvalue weighted by molar-refractivity contribution is 0.141. The molecule has 0 spiro atoms. The maximum atomic E-state index is 12.4. The van der Waals surface area contributed by atoms with Crippen molar-refractivity contribution in [3.8, 4) is 5.75 Å². The monoisotopic (exact) mass is 342 g/mol. The number of hydrogen-bond donors (Lipinski definition) is 2. The van der Waals surface area contributed by atoms with Crippen molar-refractivity contribution in [2.24, 2.45) is 5.92 Å². The van der Waals surface area contributed by atoms with Crippen molar-refractivity contribution in [2.45, 2.75) is 39.3 Å². The summed E-state index contributed by atoms with van der Waals surface area (Å²) in [6, 6.07) is 4.93. The number of benzene rings is 1. The number of likely N-dealkylation sites (N-methyl/N-ethyl adjacent to an activating group) is 1. The number of hydrogen-bond acceptors (Lipinski definition) is 3. The van der Waals surface area contributed by atoms with Gasteiger partial charge < -0.3 is 20.1 Å². The first-order chi connectivity index (χ1) is 10.7. The first-order valence-corrected chi connectivity index (χ1v) is 8.15. The van der Waals surface area contributed by atoms with Crippen LogP contribution in [0.2, 0.25) is 5.02 Å². The molecule has 6 heteroatoms. The number of halogens is 1. The number of ether oxygens (including phenoxy) is 1. The number of methoxy groups -OCH3 is 1. The fraction of sp³-hybridized carbons (Fsp3) is 0.588. The molecule has 0 aliphatic rings. The van der Waals surface area contributed by atoms with E-state index in [-0.39, 0.29) is 18.6 Å². The molecule has 23 heavy (non-hydrogen) atoms. The maximum Gasteiger partial charge on any atom is 0.317 e. The van der Waals surface area contributed by atoms with Crippen molar-refractivity contribution in [3.05, 3.63) is 28.8 Å². The van der Waals surface area contributed by atoms with E-state index in [1.807, 2.05) is 6.07 Å². The van der Waals surface area contributed by atoms with Crippen molar-refractivity contribution in [2.75, 3.05) is 20.7 Å². The Morgan fingerprint density at radius 1 is 1.39 bits per heavy atom. The zero-order valence-electron chi connectivity index (χ0n) is 14.5. The minimum Gasteiger partial charge on any atom is -0.496 e. The second-order valence-corrected chi connectivity index (χ2v) is 6.68. The van der Waals surface area contributed by atoms with Gasteiger partial charge in [-0.25, -0.2) is 4.79 Å². The van der Waals surface area contributed by atoms with Gasteiger partial charge in [0.25, 0.3) is 0 Å². The zero-order valence-corrected chi connectivity index (χ0v) is 15.2. The van der Waals surface area contributed by atoms with Crippen LogP contribution in [0.1, 0.15) is 38.8 Å². The predicted octanol–water partition coefficient (Wildman–Crippen LogP) is 3.46. The van der Waals surface area contributed by atoms with Gasteiger partial charge in [-0.2, -0.15) is 0 Å². The second kappa shape index (κ2) is 8.99. The van der Waals surface area contributed by atoms with Crippen LogP contribution in [0.3, 0.4) is 0 Å². The quantitative estimate of drug-likeness (QED) is 0.797. The summed E-state index contributed by atoms with van der Waals surface area (Å²) < 4.78 is 5.41. The van der Waals surface area contributed by atoms with E-state index in [0.717, 1.165) is 12.0 Å². The Bertz CT molecular complexity index is 521. The third-order valence-corrected chi connectivity index (χ3v) is 3.69. The van der Waals surface area contributed by atoms with Gasteiger partial charge in [0, 0.05) is 24.2 Å². The molecule has 130 valence electrons. The number of aliphatic hydroxyl groups is 1. The molecule has 1 aromatic carbocycles. The summed E-state index contributed by atoms with van der Waals surface area (Å²) in [6.45, 7) is 6.10. The zero-order chi connectivity index (χ0) is 17.6. The van der Waals surface area contributed by atoms with Gasteiger partial charge >= 0.3 is 6.03 Å². The molecule has 2 unspecified atom stereocenters. The van der Waals surface area contributed by atoms with Crippen LogP contribution in [0.15, 0.2) is 18.2 Å². The second-order valence-electron chi connectivity index (χ2n) is 6.25. The highest BCUT2D eigenvalue weighted by Crippen LogP contribution is 2.32. The van der Waals surface area contributed by atoms with E-state index in [2.05, 4.69) is 19.2 Å². The van der Waals surface area contributed by atoms with Crippen LogP contribution in [0.4, 0.5) is 4.79 Å².